The lowest BCUT2D eigenvalue weighted by molar-refractivity contribution is -0.385. The summed E-state index contributed by atoms with van der Waals surface area (Å²) in [6.07, 6.45) is 4.83. The molecule has 1 aliphatic heterocycles. The fourth-order valence-electron chi connectivity index (χ4n) is 4.35. The van der Waals surface area contributed by atoms with Crippen molar-refractivity contribution in [3.8, 4) is 0 Å². The first-order valence-corrected chi connectivity index (χ1v) is 8.50. The third-order valence-corrected chi connectivity index (χ3v) is 5.53. The number of nitrogens with zero attached hydrogens (tertiary/aromatic N) is 2. The minimum absolute atomic E-state index is 0.0358. The van der Waals surface area contributed by atoms with Gasteiger partial charge >= 0.3 is 0 Å². The second kappa shape index (κ2) is 6.05. The lowest BCUT2D eigenvalue weighted by Crippen LogP contribution is -2.41. The maximum Gasteiger partial charge on any atom is 0.274 e. The molecule has 1 N–H and O–H groups in total. The largest absolute Gasteiger partial charge is 0.350 e. The van der Waals surface area contributed by atoms with E-state index >= 15 is 0 Å². The zero-order valence-electron chi connectivity index (χ0n) is 13.8. The molecule has 3 aliphatic rings. The van der Waals surface area contributed by atoms with E-state index in [2.05, 4.69) is 5.32 Å². The van der Waals surface area contributed by atoms with Crippen LogP contribution in [0.1, 0.15) is 12.0 Å². The van der Waals surface area contributed by atoms with Crippen LogP contribution in [0.2, 0.25) is 0 Å². The summed E-state index contributed by atoms with van der Waals surface area (Å²) >= 11 is 0. The molecule has 8 heteroatoms. The maximum absolute atomic E-state index is 12.5. The van der Waals surface area contributed by atoms with Crippen molar-refractivity contribution in [2.24, 2.45) is 23.7 Å². The Kier molecular flexibility index (Phi) is 3.82. The summed E-state index contributed by atoms with van der Waals surface area (Å²) < 4.78 is 0. The highest BCUT2D eigenvalue weighted by Crippen LogP contribution is 2.52. The van der Waals surface area contributed by atoms with E-state index in [1.165, 1.54) is 6.07 Å². The number of hydrogen-bond donors (Lipinski definition) is 1. The van der Waals surface area contributed by atoms with Gasteiger partial charge in [-0.3, -0.25) is 29.4 Å². The summed E-state index contributed by atoms with van der Waals surface area (Å²) in [6, 6.07) is 6.11. The van der Waals surface area contributed by atoms with E-state index < -0.39 is 10.8 Å². The zero-order valence-corrected chi connectivity index (χ0v) is 13.8. The predicted octanol–water partition coefficient (Wildman–Crippen LogP) is 1.02. The molecule has 2 fully saturated rings. The Morgan fingerprint density at radius 1 is 1.15 bits per heavy atom. The molecular weight excluding hydrogens is 338 g/mol. The van der Waals surface area contributed by atoms with Gasteiger partial charge in [-0.05, 0) is 18.3 Å². The summed E-state index contributed by atoms with van der Waals surface area (Å²) in [5.74, 6) is -1.54. The minimum atomic E-state index is -0.515. The van der Waals surface area contributed by atoms with Gasteiger partial charge in [-0.1, -0.05) is 30.4 Å². The van der Waals surface area contributed by atoms with Crippen molar-refractivity contribution >= 4 is 23.4 Å². The zero-order chi connectivity index (χ0) is 18.4. The first-order valence-electron chi connectivity index (χ1n) is 8.50. The van der Waals surface area contributed by atoms with Gasteiger partial charge < -0.3 is 5.32 Å². The molecule has 0 unspecified atom stereocenters. The van der Waals surface area contributed by atoms with E-state index in [9.17, 15) is 24.5 Å². The molecule has 26 heavy (non-hydrogen) atoms. The molecule has 1 aromatic rings. The maximum atomic E-state index is 12.5. The molecular formula is C18H17N3O5. The molecule has 0 aromatic heterocycles. The number of para-hydroxylation sites is 1. The summed E-state index contributed by atoms with van der Waals surface area (Å²) in [7, 11) is 0. The number of hydrogen-bond acceptors (Lipinski definition) is 5. The van der Waals surface area contributed by atoms with Gasteiger partial charge in [0.25, 0.3) is 5.69 Å². The fourth-order valence-corrected chi connectivity index (χ4v) is 4.35. The van der Waals surface area contributed by atoms with E-state index in [1.807, 2.05) is 12.2 Å². The average Bonchev–Trinajstić information content (AvgIpc) is 3.30. The summed E-state index contributed by atoms with van der Waals surface area (Å²) in [5.41, 5.74) is 0.280. The number of rotatable bonds is 5. The Bertz CT molecular complexity index is 819. The molecule has 4 atom stereocenters. The molecule has 1 saturated heterocycles. The van der Waals surface area contributed by atoms with Crippen LogP contribution < -0.4 is 5.32 Å². The van der Waals surface area contributed by atoms with E-state index in [-0.39, 0.29) is 54.3 Å². The number of nitrogens with one attached hydrogen (secondary N) is 1. The van der Waals surface area contributed by atoms with Gasteiger partial charge in [-0.15, -0.1) is 0 Å². The van der Waals surface area contributed by atoms with Crippen molar-refractivity contribution < 1.29 is 19.3 Å². The van der Waals surface area contributed by atoms with Gasteiger partial charge in [-0.2, -0.15) is 0 Å². The normalized spacial score (nSPS) is 28.5. The first kappa shape index (κ1) is 16.4. The lowest BCUT2D eigenvalue weighted by atomic mass is 9.85. The Hall–Kier alpha value is -3.03. The van der Waals surface area contributed by atoms with Crippen LogP contribution in [-0.2, 0) is 20.9 Å². The van der Waals surface area contributed by atoms with Crippen LogP contribution in [0.15, 0.2) is 36.4 Å². The van der Waals surface area contributed by atoms with Gasteiger partial charge in [0.2, 0.25) is 17.7 Å². The monoisotopic (exact) mass is 355 g/mol. The molecule has 1 saturated carbocycles. The first-order chi connectivity index (χ1) is 12.5. The Labute approximate surface area is 149 Å². The Balaban J connectivity index is 1.40. The molecule has 134 valence electrons. The van der Waals surface area contributed by atoms with Crippen molar-refractivity contribution in [1.29, 1.82) is 0 Å². The predicted molar refractivity (Wildman–Crippen MR) is 89.4 cm³/mol. The molecule has 8 nitrogen and oxygen atoms in total. The van der Waals surface area contributed by atoms with E-state index in [1.54, 1.807) is 18.2 Å². The summed E-state index contributed by atoms with van der Waals surface area (Å²) in [6.45, 7) is -0.378. The Morgan fingerprint density at radius 2 is 1.77 bits per heavy atom. The van der Waals surface area contributed by atoms with Crippen LogP contribution >= 0.6 is 0 Å². The second-order valence-electron chi connectivity index (χ2n) is 6.93. The van der Waals surface area contributed by atoms with Crippen molar-refractivity contribution in [2.75, 3.05) is 6.54 Å². The van der Waals surface area contributed by atoms with E-state index in [0.29, 0.717) is 5.56 Å². The molecule has 0 radical (unpaired) electrons. The molecule has 4 rings (SSSR count). The second-order valence-corrected chi connectivity index (χ2v) is 6.93. The number of carbonyl (C=O) groups is 3. The smallest absolute Gasteiger partial charge is 0.274 e. The molecule has 2 bridgehead atoms. The highest BCUT2D eigenvalue weighted by molar-refractivity contribution is 6.08. The SMILES string of the molecule is O=C(CN1C(=O)[C@@H]2[C@H](C1=O)[C@H]1C=C[C@H]2C1)NCc1ccccc1[N+](=O)[O-]. The number of fused-ring (bicyclic) bond motifs is 5. The number of carbonyl (C=O) groups excluding carboxylic acids is 3. The van der Waals surface area contributed by atoms with Gasteiger partial charge in [0.1, 0.15) is 6.54 Å². The number of nitro groups is 1. The van der Waals surface area contributed by atoms with Gasteiger partial charge in [-0.25, -0.2) is 0 Å². The van der Waals surface area contributed by atoms with Crippen LogP contribution in [0.4, 0.5) is 5.69 Å². The van der Waals surface area contributed by atoms with E-state index in [0.717, 1.165) is 11.3 Å². The molecule has 1 heterocycles. The number of allylic oxidation sites excluding steroid dienone is 2. The van der Waals surface area contributed by atoms with Crippen molar-refractivity contribution in [2.45, 2.75) is 13.0 Å². The third-order valence-electron chi connectivity index (χ3n) is 5.53. The lowest BCUT2D eigenvalue weighted by Gasteiger charge is -2.16. The number of imide groups is 1. The number of amides is 3. The van der Waals surface area contributed by atoms with Crippen LogP contribution in [-0.4, -0.2) is 34.1 Å². The van der Waals surface area contributed by atoms with Crippen LogP contribution in [0.25, 0.3) is 0 Å². The van der Waals surface area contributed by atoms with Crippen LogP contribution in [0.5, 0.6) is 0 Å². The fraction of sp³-hybridized carbons (Fsp3) is 0.389. The van der Waals surface area contributed by atoms with Crippen molar-refractivity contribution in [3.05, 3.63) is 52.1 Å². The minimum Gasteiger partial charge on any atom is -0.350 e. The summed E-state index contributed by atoms with van der Waals surface area (Å²) in [5, 5.41) is 13.6. The molecule has 0 spiro atoms. The van der Waals surface area contributed by atoms with Crippen molar-refractivity contribution in [3.63, 3.8) is 0 Å². The number of likely N-dealkylation sites (tertiary alicyclic amines) is 1. The van der Waals surface area contributed by atoms with Crippen LogP contribution in [0.3, 0.4) is 0 Å². The number of nitro benzene ring substituents is 1. The standard InChI is InChI=1S/C18H17N3O5/c22-14(19-8-12-3-1-2-4-13(12)21(25)26)9-20-17(23)15-10-5-6-11(7-10)16(15)18(20)24/h1-6,10-11,15-16H,7-9H2,(H,19,22)/t10-,11-,15-,16+/m0/s1. The topological polar surface area (TPSA) is 110 Å². The molecule has 1 aromatic carbocycles. The number of benzene rings is 1. The van der Waals surface area contributed by atoms with Crippen LogP contribution in [0, 0.1) is 33.8 Å². The van der Waals surface area contributed by atoms with Gasteiger partial charge in [0.05, 0.1) is 16.8 Å². The highest BCUT2D eigenvalue weighted by atomic mass is 16.6. The van der Waals surface area contributed by atoms with Crippen molar-refractivity contribution in [1.82, 2.24) is 10.2 Å². The highest BCUT2D eigenvalue weighted by Gasteiger charge is 2.59. The quantitative estimate of drug-likeness (QED) is 0.367. The van der Waals surface area contributed by atoms with Gasteiger partial charge in [0.15, 0.2) is 0 Å². The third kappa shape index (κ3) is 2.49. The van der Waals surface area contributed by atoms with E-state index in [4.69, 9.17) is 0 Å². The summed E-state index contributed by atoms with van der Waals surface area (Å²) in [4.78, 5) is 48.8. The molecule has 3 amide bonds. The average molecular weight is 355 g/mol. The Morgan fingerprint density at radius 3 is 2.38 bits per heavy atom. The molecule has 2 aliphatic carbocycles. The van der Waals surface area contributed by atoms with Gasteiger partial charge in [0, 0.05) is 18.2 Å².